The normalized spacial score (nSPS) is 17.5. The number of sulfonamides is 1. The Bertz CT molecular complexity index is 776. The number of amides is 1. The van der Waals surface area contributed by atoms with E-state index in [0.29, 0.717) is 44.1 Å². The SMILES string of the molecule is CN1CCN(C(=O)CCCCCNS(=O)(=O)c2ccc3c(c2)OCCO3)CC1. The first kappa shape index (κ1) is 20.9. The van der Waals surface area contributed by atoms with Crippen LogP contribution in [-0.4, -0.2) is 77.1 Å². The van der Waals surface area contributed by atoms with Gasteiger partial charge in [0.2, 0.25) is 15.9 Å². The van der Waals surface area contributed by atoms with Gasteiger partial charge in [-0.2, -0.15) is 0 Å². The highest BCUT2D eigenvalue weighted by Gasteiger charge is 2.20. The zero-order valence-electron chi connectivity index (χ0n) is 16.4. The van der Waals surface area contributed by atoms with Crippen LogP contribution in [0.25, 0.3) is 0 Å². The average Bonchev–Trinajstić information content (AvgIpc) is 2.70. The minimum atomic E-state index is -3.59. The van der Waals surface area contributed by atoms with Crippen molar-refractivity contribution in [3.8, 4) is 11.5 Å². The standard InChI is InChI=1S/C19H29N3O5S/c1-21-9-11-22(12-10-21)19(23)5-3-2-4-8-20-28(24,25)16-6-7-17-18(15-16)27-14-13-26-17/h6-7,15,20H,2-5,8-14H2,1H3. The van der Waals surface area contributed by atoms with Crippen LogP contribution in [0.4, 0.5) is 0 Å². The highest BCUT2D eigenvalue weighted by atomic mass is 32.2. The van der Waals surface area contributed by atoms with E-state index in [0.717, 1.165) is 39.0 Å². The van der Waals surface area contributed by atoms with E-state index in [4.69, 9.17) is 9.47 Å². The number of carbonyl (C=O) groups excluding carboxylic acids is 1. The van der Waals surface area contributed by atoms with E-state index >= 15 is 0 Å². The molecular weight excluding hydrogens is 382 g/mol. The van der Waals surface area contributed by atoms with E-state index in [2.05, 4.69) is 16.7 Å². The topological polar surface area (TPSA) is 88.2 Å². The second-order valence-corrected chi connectivity index (χ2v) is 8.96. The van der Waals surface area contributed by atoms with Gasteiger partial charge in [-0.05, 0) is 32.0 Å². The molecule has 156 valence electrons. The monoisotopic (exact) mass is 411 g/mol. The molecule has 0 atom stereocenters. The number of nitrogens with one attached hydrogen (secondary N) is 1. The molecule has 1 fully saturated rings. The molecule has 3 rings (SSSR count). The van der Waals surface area contributed by atoms with Gasteiger partial charge in [-0.1, -0.05) is 6.42 Å². The Kier molecular flexibility index (Phi) is 7.14. The van der Waals surface area contributed by atoms with Crippen LogP contribution in [0.3, 0.4) is 0 Å². The van der Waals surface area contributed by atoms with E-state index < -0.39 is 10.0 Å². The van der Waals surface area contributed by atoms with Crippen molar-refractivity contribution >= 4 is 15.9 Å². The quantitative estimate of drug-likeness (QED) is 0.644. The van der Waals surface area contributed by atoms with Crippen LogP contribution in [0.15, 0.2) is 23.1 Å². The second kappa shape index (κ2) is 9.58. The molecule has 8 nitrogen and oxygen atoms in total. The number of benzene rings is 1. The summed E-state index contributed by atoms with van der Waals surface area (Å²) in [5, 5.41) is 0. The van der Waals surface area contributed by atoms with Crippen LogP contribution >= 0.6 is 0 Å². The van der Waals surface area contributed by atoms with Crippen molar-refractivity contribution < 1.29 is 22.7 Å². The Morgan fingerprint density at radius 1 is 1.04 bits per heavy atom. The zero-order chi connectivity index (χ0) is 20.0. The first-order chi connectivity index (χ1) is 13.5. The number of fused-ring (bicyclic) bond motifs is 1. The van der Waals surface area contributed by atoms with Crippen LogP contribution in [0.5, 0.6) is 11.5 Å². The number of carbonyl (C=O) groups is 1. The minimum absolute atomic E-state index is 0.169. The number of hydrogen-bond acceptors (Lipinski definition) is 6. The molecule has 0 spiro atoms. The zero-order valence-corrected chi connectivity index (χ0v) is 17.2. The molecule has 1 aromatic rings. The molecule has 2 aliphatic rings. The molecule has 0 radical (unpaired) electrons. The summed E-state index contributed by atoms with van der Waals surface area (Å²) in [6.45, 7) is 4.67. The molecule has 0 aliphatic carbocycles. The van der Waals surface area contributed by atoms with Gasteiger partial charge in [-0.25, -0.2) is 13.1 Å². The molecule has 0 bridgehead atoms. The van der Waals surface area contributed by atoms with E-state index in [1.807, 2.05) is 4.90 Å². The summed E-state index contributed by atoms with van der Waals surface area (Å²) in [6, 6.07) is 4.63. The molecule has 28 heavy (non-hydrogen) atoms. The first-order valence-corrected chi connectivity index (χ1v) is 11.3. The molecule has 1 amide bonds. The fourth-order valence-corrected chi connectivity index (χ4v) is 4.36. The first-order valence-electron chi connectivity index (χ1n) is 9.81. The van der Waals surface area contributed by atoms with Gasteiger partial charge in [0.25, 0.3) is 0 Å². The molecule has 0 saturated carbocycles. The van der Waals surface area contributed by atoms with Crippen LogP contribution in [0.2, 0.25) is 0 Å². The van der Waals surface area contributed by atoms with Crippen molar-refractivity contribution in [2.75, 3.05) is 53.0 Å². The lowest BCUT2D eigenvalue weighted by atomic mass is 10.1. The van der Waals surface area contributed by atoms with Crippen molar-refractivity contribution in [3.05, 3.63) is 18.2 Å². The third-order valence-corrected chi connectivity index (χ3v) is 6.50. The van der Waals surface area contributed by atoms with Crippen LogP contribution in [0, 0.1) is 0 Å². The lowest BCUT2D eigenvalue weighted by Crippen LogP contribution is -2.47. The Balaban J connectivity index is 1.36. The van der Waals surface area contributed by atoms with Gasteiger partial charge in [0, 0.05) is 45.2 Å². The van der Waals surface area contributed by atoms with Crippen molar-refractivity contribution in [1.29, 1.82) is 0 Å². The number of rotatable bonds is 8. The largest absolute Gasteiger partial charge is 0.486 e. The molecule has 1 saturated heterocycles. The van der Waals surface area contributed by atoms with Crippen molar-refractivity contribution in [2.45, 2.75) is 30.6 Å². The number of unbranched alkanes of at least 4 members (excludes halogenated alkanes) is 2. The Morgan fingerprint density at radius 3 is 2.50 bits per heavy atom. The lowest BCUT2D eigenvalue weighted by molar-refractivity contribution is -0.132. The maximum Gasteiger partial charge on any atom is 0.240 e. The Labute approximate surface area is 166 Å². The van der Waals surface area contributed by atoms with Gasteiger partial charge >= 0.3 is 0 Å². The fraction of sp³-hybridized carbons (Fsp3) is 0.632. The van der Waals surface area contributed by atoms with Crippen molar-refractivity contribution in [2.24, 2.45) is 0 Å². The third kappa shape index (κ3) is 5.59. The lowest BCUT2D eigenvalue weighted by Gasteiger charge is -2.32. The molecule has 0 aromatic heterocycles. The number of nitrogens with zero attached hydrogens (tertiary/aromatic N) is 2. The number of likely N-dealkylation sites (N-methyl/N-ethyl adjacent to an activating group) is 1. The van der Waals surface area contributed by atoms with Gasteiger partial charge in [0.1, 0.15) is 13.2 Å². The minimum Gasteiger partial charge on any atom is -0.486 e. The highest BCUT2D eigenvalue weighted by molar-refractivity contribution is 7.89. The number of piperazine rings is 1. The molecule has 2 heterocycles. The molecule has 1 N–H and O–H groups in total. The van der Waals surface area contributed by atoms with E-state index in [1.165, 1.54) is 12.1 Å². The van der Waals surface area contributed by atoms with Crippen LogP contribution < -0.4 is 14.2 Å². The van der Waals surface area contributed by atoms with Crippen LogP contribution in [-0.2, 0) is 14.8 Å². The maximum absolute atomic E-state index is 12.4. The average molecular weight is 412 g/mol. The summed E-state index contributed by atoms with van der Waals surface area (Å²) < 4.78 is 38.3. The van der Waals surface area contributed by atoms with Crippen LogP contribution in [0.1, 0.15) is 25.7 Å². The summed E-state index contributed by atoms with van der Waals surface area (Å²) in [7, 11) is -1.52. The predicted molar refractivity (Wildman–Crippen MR) is 105 cm³/mol. The fourth-order valence-electron chi connectivity index (χ4n) is 3.27. The summed E-state index contributed by atoms with van der Waals surface area (Å²) in [5.41, 5.74) is 0. The smallest absolute Gasteiger partial charge is 0.240 e. The van der Waals surface area contributed by atoms with Gasteiger partial charge in [0.05, 0.1) is 4.90 Å². The van der Waals surface area contributed by atoms with Gasteiger partial charge in [-0.15, -0.1) is 0 Å². The maximum atomic E-state index is 12.4. The Morgan fingerprint density at radius 2 is 1.75 bits per heavy atom. The second-order valence-electron chi connectivity index (χ2n) is 7.20. The predicted octanol–water partition coefficient (Wildman–Crippen LogP) is 1.07. The molecule has 9 heteroatoms. The third-order valence-electron chi connectivity index (χ3n) is 5.04. The molecular formula is C19H29N3O5S. The van der Waals surface area contributed by atoms with E-state index in [9.17, 15) is 13.2 Å². The van der Waals surface area contributed by atoms with Gasteiger partial charge in [0.15, 0.2) is 11.5 Å². The van der Waals surface area contributed by atoms with E-state index in [1.54, 1.807) is 6.07 Å². The summed E-state index contributed by atoms with van der Waals surface area (Å²) in [4.78, 5) is 16.5. The summed E-state index contributed by atoms with van der Waals surface area (Å²) >= 11 is 0. The number of ether oxygens (including phenoxy) is 2. The summed E-state index contributed by atoms with van der Waals surface area (Å²) in [6.07, 6.45) is 2.80. The highest BCUT2D eigenvalue weighted by Crippen LogP contribution is 2.32. The number of hydrogen-bond donors (Lipinski definition) is 1. The molecule has 1 aromatic carbocycles. The van der Waals surface area contributed by atoms with Gasteiger partial charge < -0.3 is 19.3 Å². The summed E-state index contributed by atoms with van der Waals surface area (Å²) in [5.74, 6) is 1.22. The van der Waals surface area contributed by atoms with E-state index in [-0.39, 0.29) is 10.8 Å². The van der Waals surface area contributed by atoms with Gasteiger partial charge in [-0.3, -0.25) is 4.79 Å². The van der Waals surface area contributed by atoms with Crippen molar-refractivity contribution in [1.82, 2.24) is 14.5 Å². The van der Waals surface area contributed by atoms with Crippen molar-refractivity contribution in [3.63, 3.8) is 0 Å². The molecule has 0 unspecified atom stereocenters. The molecule has 2 aliphatic heterocycles. The Hall–Kier alpha value is -1.84.